The van der Waals surface area contributed by atoms with Gasteiger partial charge in [-0.15, -0.1) is 0 Å². The molecule has 0 N–H and O–H groups in total. The van der Waals surface area contributed by atoms with Gasteiger partial charge in [0.2, 0.25) is 0 Å². The molecule has 0 spiro atoms. The van der Waals surface area contributed by atoms with Crippen LogP contribution in [0.15, 0.2) is 35.8 Å². The summed E-state index contributed by atoms with van der Waals surface area (Å²) in [6.45, 7) is 8.17. The first-order chi connectivity index (χ1) is 6.54. The second kappa shape index (κ2) is 4.36. The van der Waals surface area contributed by atoms with Crippen molar-refractivity contribution >= 4 is 0 Å². The fraction of sp³-hybridized carbons (Fsp3) is 0.500. The van der Waals surface area contributed by atoms with Crippen LogP contribution in [0.1, 0.15) is 27.7 Å². The molecule has 0 unspecified atom stereocenters. The van der Waals surface area contributed by atoms with Gasteiger partial charge in [0.15, 0.2) is 0 Å². The van der Waals surface area contributed by atoms with Crippen LogP contribution in [-0.2, 0) is 0 Å². The Morgan fingerprint density at radius 2 is 1.50 bits per heavy atom. The zero-order valence-electron chi connectivity index (χ0n) is 9.32. The number of hydrogen-bond donors (Lipinski definition) is 0. The van der Waals surface area contributed by atoms with E-state index in [1.807, 2.05) is 56.9 Å². The van der Waals surface area contributed by atoms with Crippen LogP contribution >= 0.6 is 0 Å². The van der Waals surface area contributed by atoms with Gasteiger partial charge in [0.1, 0.15) is 0 Å². The topological polar surface area (TPSA) is 26.3 Å². The van der Waals surface area contributed by atoms with Crippen molar-refractivity contribution in [2.24, 2.45) is 0 Å². The fourth-order valence-electron chi connectivity index (χ4n) is 1.73. The largest absolute Gasteiger partial charge is 0.860 e. The third-order valence-electron chi connectivity index (χ3n) is 2.26. The number of hydrogen-bond acceptors (Lipinski definition) is 2. The van der Waals surface area contributed by atoms with Crippen molar-refractivity contribution in [1.82, 2.24) is 4.90 Å². The summed E-state index contributed by atoms with van der Waals surface area (Å²) in [4.78, 5) is 1.90. The highest BCUT2D eigenvalue weighted by molar-refractivity contribution is 5.41. The molecule has 0 aromatic carbocycles. The van der Waals surface area contributed by atoms with E-state index in [1.165, 1.54) is 0 Å². The van der Waals surface area contributed by atoms with Crippen LogP contribution in [0.2, 0.25) is 0 Å². The van der Waals surface area contributed by atoms with E-state index in [-0.39, 0.29) is 18.0 Å². The Morgan fingerprint density at radius 3 is 1.86 bits per heavy atom. The monoisotopic (exact) mass is 192 g/mol. The maximum absolute atomic E-state index is 12.0. The second-order valence-electron chi connectivity index (χ2n) is 4.07. The van der Waals surface area contributed by atoms with E-state index in [1.54, 1.807) is 0 Å². The van der Waals surface area contributed by atoms with Crippen molar-refractivity contribution in [1.29, 1.82) is 0 Å². The van der Waals surface area contributed by atoms with Gasteiger partial charge in [0, 0.05) is 12.1 Å². The van der Waals surface area contributed by atoms with Crippen molar-refractivity contribution in [2.45, 2.75) is 39.8 Å². The van der Waals surface area contributed by atoms with Crippen LogP contribution in [0.25, 0.3) is 0 Å². The van der Waals surface area contributed by atoms with Crippen LogP contribution in [0.4, 0.5) is 0 Å². The van der Waals surface area contributed by atoms with Crippen LogP contribution in [0.3, 0.4) is 0 Å². The van der Waals surface area contributed by atoms with Gasteiger partial charge >= 0.3 is 0 Å². The summed E-state index contributed by atoms with van der Waals surface area (Å²) < 4.78 is 0. The van der Waals surface area contributed by atoms with E-state index in [0.29, 0.717) is 0 Å². The summed E-state index contributed by atoms with van der Waals surface area (Å²) in [6.07, 6.45) is 7.51. The molecule has 0 aliphatic heterocycles. The molecule has 14 heavy (non-hydrogen) atoms. The Labute approximate surface area is 86.2 Å². The minimum atomic E-state index is 0.125. The Bertz CT molecular complexity index is 263. The van der Waals surface area contributed by atoms with E-state index in [9.17, 15) is 5.11 Å². The van der Waals surface area contributed by atoms with Gasteiger partial charge < -0.3 is 10.0 Å². The highest BCUT2D eigenvalue weighted by Gasteiger charge is 2.12. The molecule has 0 fully saturated rings. The van der Waals surface area contributed by atoms with Crippen molar-refractivity contribution in [3.63, 3.8) is 0 Å². The van der Waals surface area contributed by atoms with Gasteiger partial charge in [0.05, 0.1) is 0 Å². The normalized spacial score (nSPS) is 14.6. The Hall–Kier alpha value is -1.18. The van der Waals surface area contributed by atoms with Gasteiger partial charge in [0.25, 0.3) is 0 Å². The molecule has 0 saturated heterocycles. The maximum Gasteiger partial charge on any atom is 0.0225 e. The van der Waals surface area contributed by atoms with E-state index in [2.05, 4.69) is 0 Å². The standard InChI is InChI=1S/C12H19NO/c1-9(2)13(10(3)4)12(14)11-7-5-6-8-11/h5-10,14H,1-4H3/p-1. The number of rotatable bonds is 3. The third kappa shape index (κ3) is 2.19. The Kier molecular flexibility index (Phi) is 3.39. The van der Waals surface area contributed by atoms with Gasteiger partial charge in [-0.2, -0.15) is 0 Å². The lowest BCUT2D eigenvalue weighted by molar-refractivity contribution is -0.338. The molecule has 2 nitrogen and oxygen atoms in total. The second-order valence-corrected chi connectivity index (χ2v) is 4.07. The summed E-state index contributed by atoms with van der Waals surface area (Å²) in [5.74, 6) is 0.125. The van der Waals surface area contributed by atoms with Crippen LogP contribution in [-0.4, -0.2) is 17.0 Å². The van der Waals surface area contributed by atoms with Crippen LogP contribution < -0.4 is 5.11 Å². The first kappa shape index (κ1) is 10.9. The van der Waals surface area contributed by atoms with Gasteiger partial charge in [-0.05, 0) is 39.2 Å². The molecule has 0 aromatic rings. The molecule has 0 amide bonds. The lowest BCUT2D eigenvalue weighted by Gasteiger charge is -2.39. The molecule has 1 aliphatic carbocycles. The molecule has 0 saturated carbocycles. The van der Waals surface area contributed by atoms with Crippen molar-refractivity contribution in [2.75, 3.05) is 0 Å². The fourth-order valence-corrected chi connectivity index (χ4v) is 1.73. The first-order valence-electron chi connectivity index (χ1n) is 5.08. The van der Waals surface area contributed by atoms with Gasteiger partial charge in [-0.3, -0.25) is 0 Å². The van der Waals surface area contributed by atoms with Crippen LogP contribution in [0, 0.1) is 0 Å². The first-order valence-corrected chi connectivity index (χ1v) is 5.08. The zero-order valence-corrected chi connectivity index (χ0v) is 9.32. The van der Waals surface area contributed by atoms with E-state index < -0.39 is 0 Å². The third-order valence-corrected chi connectivity index (χ3v) is 2.26. The van der Waals surface area contributed by atoms with E-state index >= 15 is 0 Å². The average molecular weight is 192 g/mol. The SMILES string of the molecule is CC(C)N(C([O-])=C1C=CC=C1)C(C)C. The minimum absolute atomic E-state index is 0.125. The molecule has 2 heteroatoms. The summed E-state index contributed by atoms with van der Waals surface area (Å²) >= 11 is 0. The average Bonchev–Trinajstić information content (AvgIpc) is 2.53. The summed E-state index contributed by atoms with van der Waals surface area (Å²) in [5, 5.41) is 12.0. The smallest absolute Gasteiger partial charge is 0.0225 e. The number of allylic oxidation sites excluding steroid dienone is 5. The molecule has 1 aliphatic rings. The summed E-state index contributed by atoms with van der Waals surface area (Å²) in [7, 11) is 0. The summed E-state index contributed by atoms with van der Waals surface area (Å²) in [6, 6.07) is 0.495. The van der Waals surface area contributed by atoms with Gasteiger partial charge in [-0.1, -0.05) is 24.3 Å². The Morgan fingerprint density at radius 1 is 1.07 bits per heavy atom. The van der Waals surface area contributed by atoms with E-state index in [0.717, 1.165) is 5.57 Å². The van der Waals surface area contributed by atoms with Crippen molar-refractivity contribution in [3.8, 4) is 0 Å². The highest BCUT2D eigenvalue weighted by atomic mass is 16.3. The summed E-state index contributed by atoms with van der Waals surface area (Å²) in [5.41, 5.74) is 0.785. The molecule has 0 radical (unpaired) electrons. The highest BCUT2D eigenvalue weighted by Crippen LogP contribution is 2.17. The predicted molar refractivity (Wildman–Crippen MR) is 57.4 cm³/mol. The Balaban J connectivity index is 2.94. The molecular formula is C12H18NO-. The molecule has 0 heterocycles. The van der Waals surface area contributed by atoms with Crippen LogP contribution in [0.5, 0.6) is 0 Å². The molecule has 0 atom stereocenters. The van der Waals surface area contributed by atoms with Crippen molar-refractivity contribution in [3.05, 3.63) is 35.8 Å². The molecule has 0 bridgehead atoms. The number of nitrogens with zero attached hydrogens (tertiary/aromatic N) is 1. The van der Waals surface area contributed by atoms with Crippen molar-refractivity contribution < 1.29 is 5.11 Å². The quantitative estimate of drug-likeness (QED) is 0.637. The molecule has 1 rings (SSSR count). The molecular weight excluding hydrogens is 174 g/mol. The minimum Gasteiger partial charge on any atom is -0.860 e. The molecule has 78 valence electrons. The lowest BCUT2D eigenvalue weighted by atomic mass is 10.2. The van der Waals surface area contributed by atoms with Gasteiger partial charge in [-0.25, -0.2) is 0 Å². The predicted octanol–water partition coefficient (Wildman–Crippen LogP) is 1.80. The maximum atomic E-state index is 12.0. The van der Waals surface area contributed by atoms with E-state index in [4.69, 9.17) is 0 Å². The zero-order chi connectivity index (χ0) is 10.7. The lowest BCUT2D eigenvalue weighted by Crippen LogP contribution is -2.41. The molecule has 0 aromatic heterocycles.